The molecular formula is C16H36N2O2. The Morgan fingerprint density at radius 3 is 1.60 bits per heavy atom. The summed E-state index contributed by atoms with van der Waals surface area (Å²) in [4.78, 5) is 0. The third-order valence-electron chi connectivity index (χ3n) is 3.61. The molecule has 0 aromatic heterocycles. The van der Waals surface area contributed by atoms with Crippen LogP contribution in [0.4, 0.5) is 0 Å². The van der Waals surface area contributed by atoms with Crippen molar-refractivity contribution in [3.63, 3.8) is 0 Å². The Hall–Kier alpha value is -0.160. The van der Waals surface area contributed by atoms with Gasteiger partial charge in [0.25, 0.3) is 0 Å². The number of hydrazine groups is 1. The highest BCUT2D eigenvalue weighted by Gasteiger charge is 2.01. The van der Waals surface area contributed by atoms with Crippen molar-refractivity contribution in [1.29, 1.82) is 0 Å². The van der Waals surface area contributed by atoms with E-state index in [9.17, 15) is 0 Å². The lowest BCUT2D eigenvalue weighted by molar-refractivity contribution is 0.114. The predicted molar refractivity (Wildman–Crippen MR) is 85.6 cm³/mol. The van der Waals surface area contributed by atoms with Gasteiger partial charge in [0.2, 0.25) is 0 Å². The zero-order valence-corrected chi connectivity index (χ0v) is 13.4. The molecule has 0 rings (SSSR count). The monoisotopic (exact) mass is 288 g/mol. The van der Waals surface area contributed by atoms with Crippen LogP contribution in [-0.2, 0) is 0 Å². The molecule has 0 aliphatic rings. The maximum Gasteiger partial charge on any atom is 0.0572 e. The largest absolute Gasteiger partial charge is 0.395 e. The van der Waals surface area contributed by atoms with Crippen LogP contribution in [0.15, 0.2) is 0 Å². The number of nitrogens with zero attached hydrogens (tertiary/aromatic N) is 1. The number of hydrogen-bond acceptors (Lipinski definition) is 4. The Morgan fingerprint density at radius 2 is 1.15 bits per heavy atom. The van der Waals surface area contributed by atoms with Crippen LogP contribution in [0, 0.1) is 0 Å². The van der Waals surface area contributed by atoms with Crippen LogP contribution >= 0.6 is 0 Å². The van der Waals surface area contributed by atoms with Crippen molar-refractivity contribution in [2.45, 2.75) is 71.1 Å². The van der Waals surface area contributed by atoms with Gasteiger partial charge < -0.3 is 10.2 Å². The first kappa shape index (κ1) is 19.8. The molecule has 0 atom stereocenters. The Labute approximate surface area is 125 Å². The molecule has 0 saturated heterocycles. The summed E-state index contributed by atoms with van der Waals surface area (Å²) in [5.41, 5.74) is 3.26. The number of rotatable bonds is 16. The van der Waals surface area contributed by atoms with Crippen molar-refractivity contribution < 1.29 is 10.2 Å². The maximum atomic E-state index is 8.88. The fourth-order valence-electron chi connectivity index (χ4n) is 2.36. The molecule has 0 fully saturated rings. The highest BCUT2D eigenvalue weighted by molar-refractivity contribution is 4.53. The van der Waals surface area contributed by atoms with Gasteiger partial charge in [0, 0.05) is 19.6 Å². The molecular weight excluding hydrogens is 252 g/mol. The standard InChI is InChI=1S/C16H36N2O2/c1-2-3-4-5-6-7-8-9-10-11-12-17-18(13-15-19)14-16-20/h17,19-20H,2-16H2,1H3. The first-order chi connectivity index (χ1) is 9.85. The van der Waals surface area contributed by atoms with Gasteiger partial charge in [-0.15, -0.1) is 0 Å². The van der Waals surface area contributed by atoms with Crippen LogP contribution in [-0.4, -0.2) is 48.1 Å². The van der Waals surface area contributed by atoms with Gasteiger partial charge in [-0.2, -0.15) is 0 Å². The van der Waals surface area contributed by atoms with E-state index >= 15 is 0 Å². The summed E-state index contributed by atoms with van der Waals surface area (Å²) in [5.74, 6) is 0. The minimum Gasteiger partial charge on any atom is -0.395 e. The summed E-state index contributed by atoms with van der Waals surface area (Å²) < 4.78 is 0. The molecule has 0 radical (unpaired) electrons. The van der Waals surface area contributed by atoms with E-state index in [0.717, 1.165) is 6.54 Å². The highest BCUT2D eigenvalue weighted by atomic mass is 16.3. The number of aliphatic hydroxyl groups is 2. The highest BCUT2D eigenvalue weighted by Crippen LogP contribution is 2.10. The molecule has 3 N–H and O–H groups in total. The SMILES string of the molecule is CCCCCCCCCCCCNN(CCO)CCO. The smallest absolute Gasteiger partial charge is 0.0572 e. The second-order valence-electron chi connectivity index (χ2n) is 5.52. The van der Waals surface area contributed by atoms with E-state index in [2.05, 4.69) is 12.3 Å². The number of nitrogens with one attached hydrogen (secondary N) is 1. The van der Waals surface area contributed by atoms with Gasteiger partial charge in [-0.25, -0.2) is 5.01 Å². The molecule has 0 spiro atoms. The molecule has 0 bridgehead atoms. The summed E-state index contributed by atoms with van der Waals surface area (Å²) >= 11 is 0. The fraction of sp³-hybridized carbons (Fsp3) is 1.00. The van der Waals surface area contributed by atoms with Gasteiger partial charge in [-0.3, -0.25) is 5.43 Å². The third kappa shape index (κ3) is 14.3. The van der Waals surface area contributed by atoms with Gasteiger partial charge in [0.15, 0.2) is 0 Å². The first-order valence-corrected chi connectivity index (χ1v) is 8.55. The minimum atomic E-state index is 0.130. The first-order valence-electron chi connectivity index (χ1n) is 8.55. The van der Waals surface area contributed by atoms with Crippen LogP contribution in [0.25, 0.3) is 0 Å². The van der Waals surface area contributed by atoms with E-state index in [-0.39, 0.29) is 13.2 Å². The lowest BCUT2D eigenvalue weighted by atomic mass is 10.1. The Morgan fingerprint density at radius 1 is 0.700 bits per heavy atom. The van der Waals surface area contributed by atoms with E-state index in [1.54, 1.807) is 0 Å². The zero-order valence-electron chi connectivity index (χ0n) is 13.4. The molecule has 0 aromatic rings. The van der Waals surface area contributed by atoms with Gasteiger partial charge in [-0.05, 0) is 6.42 Å². The number of hydrogen-bond donors (Lipinski definition) is 3. The Bertz CT molecular complexity index is 174. The van der Waals surface area contributed by atoms with Crippen LogP contribution in [0.3, 0.4) is 0 Å². The third-order valence-corrected chi connectivity index (χ3v) is 3.61. The average Bonchev–Trinajstić information content (AvgIpc) is 2.45. The van der Waals surface area contributed by atoms with Crippen LogP contribution in [0.2, 0.25) is 0 Å². The van der Waals surface area contributed by atoms with Gasteiger partial charge >= 0.3 is 0 Å². The summed E-state index contributed by atoms with van der Waals surface area (Å²) in [6.45, 7) is 4.62. The minimum absolute atomic E-state index is 0.130. The normalized spacial score (nSPS) is 11.4. The summed E-state index contributed by atoms with van der Waals surface area (Å²) in [5, 5.41) is 19.7. The van der Waals surface area contributed by atoms with E-state index in [1.165, 1.54) is 64.2 Å². The molecule has 0 aliphatic heterocycles. The topological polar surface area (TPSA) is 55.7 Å². The Balaban J connectivity index is 3.18. The van der Waals surface area contributed by atoms with Crippen molar-refractivity contribution in [2.75, 3.05) is 32.8 Å². The molecule has 0 heterocycles. The lowest BCUT2D eigenvalue weighted by Gasteiger charge is -2.21. The molecule has 20 heavy (non-hydrogen) atoms. The maximum absolute atomic E-state index is 8.88. The summed E-state index contributed by atoms with van der Waals surface area (Å²) in [7, 11) is 0. The Kier molecular flexibility index (Phi) is 16.8. The van der Waals surface area contributed by atoms with Crippen molar-refractivity contribution in [3.8, 4) is 0 Å². The molecule has 0 aliphatic carbocycles. The van der Waals surface area contributed by atoms with Crippen molar-refractivity contribution >= 4 is 0 Å². The summed E-state index contributed by atoms with van der Waals surface area (Å²) in [6, 6.07) is 0. The second-order valence-corrected chi connectivity index (χ2v) is 5.52. The fourth-order valence-corrected chi connectivity index (χ4v) is 2.36. The van der Waals surface area contributed by atoms with Gasteiger partial charge in [-0.1, -0.05) is 64.7 Å². The van der Waals surface area contributed by atoms with E-state index in [1.807, 2.05) is 5.01 Å². The number of unbranched alkanes of at least 4 members (excludes halogenated alkanes) is 9. The lowest BCUT2D eigenvalue weighted by Crippen LogP contribution is -2.42. The van der Waals surface area contributed by atoms with Crippen molar-refractivity contribution in [3.05, 3.63) is 0 Å². The molecule has 4 nitrogen and oxygen atoms in total. The van der Waals surface area contributed by atoms with Gasteiger partial charge in [0.05, 0.1) is 13.2 Å². The van der Waals surface area contributed by atoms with Crippen molar-refractivity contribution in [1.82, 2.24) is 10.4 Å². The van der Waals surface area contributed by atoms with Gasteiger partial charge in [0.1, 0.15) is 0 Å². The van der Waals surface area contributed by atoms with Crippen molar-refractivity contribution in [2.24, 2.45) is 0 Å². The van der Waals surface area contributed by atoms with Crippen LogP contribution < -0.4 is 5.43 Å². The molecule has 122 valence electrons. The zero-order chi connectivity index (χ0) is 14.9. The molecule has 0 amide bonds. The molecule has 0 saturated carbocycles. The van der Waals surface area contributed by atoms with E-state index < -0.39 is 0 Å². The average molecular weight is 288 g/mol. The molecule has 0 unspecified atom stereocenters. The number of aliphatic hydroxyl groups excluding tert-OH is 2. The predicted octanol–water partition coefficient (Wildman–Crippen LogP) is 2.70. The van der Waals surface area contributed by atoms with Crippen LogP contribution in [0.1, 0.15) is 71.1 Å². The van der Waals surface area contributed by atoms with E-state index in [4.69, 9.17) is 10.2 Å². The summed E-state index contributed by atoms with van der Waals surface area (Å²) in [6.07, 6.45) is 13.5. The van der Waals surface area contributed by atoms with Crippen LogP contribution in [0.5, 0.6) is 0 Å². The second kappa shape index (κ2) is 16.9. The van der Waals surface area contributed by atoms with E-state index in [0.29, 0.717) is 13.1 Å². The molecule has 4 heteroatoms. The quantitative estimate of drug-likeness (QED) is 0.302. The molecule has 0 aromatic carbocycles.